The summed E-state index contributed by atoms with van der Waals surface area (Å²) in [5.41, 5.74) is 0. The summed E-state index contributed by atoms with van der Waals surface area (Å²) in [5.74, 6) is 0.161. The third-order valence-electron chi connectivity index (χ3n) is 4.59. The van der Waals surface area contributed by atoms with Crippen molar-refractivity contribution in [3.63, 3.8) is 0 Å². The SMILES string of the molecule is CCN1C[C@@H](C(=O)N2CCN(Cc3cccs3)CC2)CC1=O. The highest BCUT2D eigenvalue weighted by Gasteiger charge is 2.36. The molecule has 0 unspecified atom stereocenters. The van der Waals surface area contributed by atoms with E-state index in [1.54, 1.807) is 16.2 Å². The maximum atomic E-state index is 12.6. The fourth-order valence-corrected chi connectivity index (χ4v) is 4.00. The summed E-state index contributed by atoms with van der Waals surface area (Å²) < 4.78 is 0. The number of amides is 2. The second kappa shape index (κ2) is 6.79. The van der Waals surface area contributed by atoms with Gasteiger partial charge >= 0.3 is 0 Å². The molecule has 1 aromatic rings. The van der Waals surface area contributed by atoms with Gasteiger partial charge < -0.3 is 9.80 Å². The Labute approximate surface area is 135 Å². The van der Waals surface area contributed by atoms with Crippen LogP contribution in [0.5, 0.6) is 0 Å². The summed E-state index contributed by atoms with van der Waals surface area (Å²) in [6.45, 7) is 7.64. The number of rotatable bonds is 4. The highest BCUT2D eigenvalue weighted by molar-refractivity contribution is 7.09. The molecule has 2 aliphatic heterocycles. The van der Waals surface area contributed by atoms with Crippen molar-refractivity contribution in [1.82, 2.24) is 14.7 Å². The van der Waals surface area contributed by atoms with Gasteiger partial charge in [0.15, 0.2) is 0 Å². The first-order chi connectivity index (χ1) is 10.7. The van der Waals surface area contributed by atoms with Crippen molar-refractivity contribution in [2.24, 2.45) is 5.92 Å². The Bertz CT molecular complexity index is 524. The average Bonchev–Trinajstić information content (AvgIpc) is 3.16. The van der Waals surface area contributed by atoms with Crippen molar-refractivity contribution >= 4 is 23.2 Å². The summed E-state index contributed by atoms with van der Waals surface area (Å²) >= 11 is 1.78. The minimum Gasteiger partial charge on any atom is -0.342 e. The lowest BCUT2D eigenvalue weighted by Gasteiger charge is -2.35. The minimum atomic E-state index is -0.128. The maximum Gasteiger partial charge on any atom is 0.228 e. The molecule has 120 valence electrons. The quantitative estimate of drug-likeness (QED) is 0.839. The third-order valence-corrected chi connectivity index (χ3v) is 5.45. The largest absolute Gasteiger partial charge is 0.342 e. The van der Waals surface area contributed by atoms with Crippen molar-refractivity contribution in [1.29, 1.82) is 0 Å². The molecular weight excluding hydrogens is 298 g/mol. The van der Waals surface area contributed by atoms with Gasteiger partial charge in [-0.3, -0.25) is 14.5 Å². The second-order valence-corrected chi connectivity index (χ2v) is 7.05. The van der Waals surface area contributed by atoms with Gasteiger partial charge in [-0.2, -0.15) is 0 Å². The predicted molar refractivity (Wildman–Crippen MR) is 86.5 cm³/mol. The maximum absolute atomic E-state index is 12.6. The zero-order valence-electron chi connectivity index (χ0n) is 13.0. The van der Waals surface area contributed by atoms with E-state index in [9.17, 15) is 9.59 Å². The van der Waals surface area contributed by atoms with Crippen LogP contribution < -0.4 is 0 Å². The number of hydrogen-bond donors (Lipinski definition) is 0. The van der Waals surface area contributed by atoms with E-state index in [0.717, 1.165) is 32.7 Å². The van der Waals surface area contributed by atoms with Gasteiger partial charge in [0.05, 0.1) is 5.92 Å². The summed E-state index contributed by atoms with van der Waals surface area (Å²) in [4.78, 5) is 31.8. The van der Waals surface area contributed by atoms with Crippen LogP contribution in [0.2, 0.25) is 0 Å². The average molecular weight is 321 g/mol. The Hall–Kier alpha value is -1.40. The van der Waals surface area contributed by atoms with Gasteiger partial charge in [0, 0.05) is 57.1 Å². The van der Waals surface area contributed by atoms with E-state index in [1.807, 2.05) is 11.8 Å². The van der Waals surface area contributed by atoms with E-state index >= 15 is 0 Å². The van der Waals surface area contributed by atoms with Crippen LogP contribution in [0.4, 0.5) is 0 Å². The number of likely N-dealkylation sites (tertiary alicyclic amines) is 1. The van der Waals surface area contributed by atoms with Crippen LogP contribution in [-0.2, 0) is 16.1 Å². The number of carbonyl (C=O) groups excluding carboxylic acids is 2. The van der Waals surface area contributed by atoms with Gasteiger partial charge in [0.1, 0.15) is 0 Å². The van der Waals surface area contributed by atoms with Gasteiger partial charge in [0.25, 0.3) is 0 Å². The molecule has 6 heteroatoms. The Morgan fingerprint density at radius 2 is 2.09 bits per heavy atom. The Morgan fingerprint density at radius 3 is 2.68 bits per heavy atom. The Balaban J connectivity index is 1.49. The lowest BCUT2D eigenvalue weighted by atomic mass is 10.1. The highest BCUT2D eigenvalue weighted by Crippen LogP contribution is 2.21. The van der Waals surface area contributed by atoms with Gasteiger partial charge in [-0.1, -0.05) is 6.07 Å². The third kappa shape index (κ3) is 3.33. The number of hydrogen-bond acceptors (Lipinski definition) is 4. The van der Waals surface area contributed by atoms with Crippen LogP contribution in [0, 0.1) is 5.92 Å². The zero-order valence-corrected chi connectivity index (χ0v) is 13.8. The first-order valence-electron chi connectivity index (χ1n) is 7.98. The molecule has 2 aliphatic rings. The molecule has 0 radical (unpaired) electrons. The molecule has 2 amide bonds. The number of piperazine rings is 1. The molecule has 3 rings (SSSR count). The fourth-order valence-electron chi connectivity index (χ4n) is 3.25. The van der Waals surface area contributed by atoms with Crippen molar-refractivity contribution in [2.75, 3.05) is 39.3 Å². The van der Waals surface area contributed by atoms with Crippen LogP contribution in [0.15, 0.2) is 17.5 Å². The monoisotopic (exact) mass is 321 g/mol. The van der Waals surface area contributed by atoms with Gasteiger partial charge in [-0.15, -0.1) is 11.3 Å². The molecule has 0 bridgehead atoms. The van der Waals surface area contributed by atoms with E-state index in [2.05, 4.69) is 22.4 Å². The standard InChI is InChI=1S/C16H23N3O2S/c1-2-18-11-13(10-15(18)20)16(21)19-7-5-17(6-8-19)12-14-4-3-9-22-14/h3-4,9,13H,2,5-8,10-12H2,1H3/t13-/m0/s1. The molecular formula is C16H23N3O2S. The van der Waals surface area contributed by atoms with Crippen LogP contribution in [0.1, 0.15) is 18.2 Å². The van der Waals surface area contributed by atoms with E-state index < -0.39 is 0 Å². The lowest BCUT2D eigenvalue weighted by molar-refractivity contribution is -0.137. The first-order valence-corrected chi connectivity index (χ1v) is 8.86. The molecule has 3 heterocycles. The van der Waals surface area contributed by atoms with Crippen molar-refractivity contribution in [3.8, 4) is 0 Å². The molecule has 2 saturated heterocycles. The number of thiophene rings is 1. The van der Waals surface area contributed by atoms with Crippen LogP contribution in [0.3, 0.4) is 0 Å². The van der Waals surface area contributed by atoms with Crippen LogP contribution in [0.25, 0.3) is 0 Å². The zero-order chi connectivity index (χ0) is 15.5. The molecule has 2 fully saturated rings. The normalized spacial score (nSPS) is 23.3. The summed E-state index contributed by atoms with van der Waals surface area (Å²) in [5, 5.41) is 2.10. The Kier molecular flexibility index (Phi) is 4.78. The highest BCUT2D eigenvalue weighted by atomic mass is 32.1. The van der Waals surface area contributed by atoms with E-state index in [1.165, 1.54) is 4.88 Å². The van der Waals surface area contributed by atoms with Crippen LogP contribution >= 0.6 is 11.3 Å². The molecule has 1 atom stereocenters. The Morgan fingerprint density at radius 1 is 1.32 bits per heavy atom. The molecule has 0 aromatic carbocycles. The van der Waals surface area contributed by atoms with Crippen molar-refractivity contribution in [2.45, 2.75) is 19.9 Å². The lowest BCUT2D eigenvalue weighted by Crippen LogP contribution is -2.50. The molecule has 0 saturated carbocycles. The van der Waals surface area contributed by atoms with Gasteiger partial charge in [0.2, 0.25) is 11.8 Å². The topological polar surface area (TPSA) is 43.9 Å². The number of nitrogens with zero attached hydrogens (tertiary/aromatic N) is 3. The van der Waals surface area contributed by atoms with Gasteiger partial charge in [-0.05, 0) is 18.4 Å². The molecule has 22 heavy (non-hydrogen) atoms. The van der Waals surface area contributed by atoms with E-state index in [4.69, 9.17) is 0 Å². The van der Waals surface area contributed by atoms with Crippen molar-refractivity contribution < 1.29 is 9.59 Å². The van der Waals surface area contributed by atoms with E-state index in [0.29, 0.717) is 19.5 Å². The molecule has 0 spiro atoms. The fraction of sp³-hybridized carbons (Fsp3) is 0.625. The smallest absolute Gasteiger partial charge is 0.228 e. The summed E-state index contributed by atoms with van der Waals surface area (Å²) in [6, 6.07) is 4.24. The minimum absolute atomic E-state index is 0.122. The van der Waals surface area contributed by atoms with Crippen molar-refractivity contribution in [3.05, 3.63) is 22.4 Å². The van der Waals surface area contributed by atoms with Crippen LogP contribution in [-0.4, -0.2) is 65.8 Å². The number of carbonyl (C=O) groups is 2. The summed E-state index contributed by atoms with van der Waals surface area (Å²) in [6.07, 6.45) is 0.391. The second-order valence-electron chi connectivity index (χ2n) is 6.01. The first kappa shape index (κ1) is 15.5. The predicted octanol–water partition coefficient (Wildman–Crippen LogP) is 1.26. The summed E-state index contributed by atoms with van der Waals surface area (Å²) in [7, 11) is 0. The van der Waals surface area contributed by atoms with E-state index in [-0.39, 0.29) is 17.7 Å². The molecule has 0 N–H and O–H groups in total. The molecule has 5 nitrogen and oxygen atoms in total. The van der Waals surface area contributed by atoms with Gasteiger partial charge in [-0.25, -0.2) is 0 Å². The molecule has 1 aromatic heterocycles. The molecule has 0 aliphatic carbocycles.